The number of anilines is 1. The summed E-state index contributed by atoms with van der Waals surface area (Å²) in [5, 5.41) is 32.3. The second-order valence-electron chi connectivity index (χ2n) is 6.25. The molecule has 3 aromatic rings. The standard InChI is InChI=1S/C20H15ClN2O7S/c21-16-17(30-10-15(24)25)19(20(26)27)31-18(16)12-4-2-5-13(8-12)22-9-11-3-1-6-14(7-11)23(28)29/h1-8,22H,9-10H2,(H,24,25)(H,26,27). The number of aliphatic carboxylic acids is 1. The van der Waals surface area contributed by atoms with Crippen LogP contribution in [0.15, 0.2) is 48.5 Å². The number of thiophene rings is 1. The molecule has 0 amide bonds. The first kappa shape index (κ1) is 22.1. The van der Waals surface area contributed by atoms with E-state index in [0.29, 0.717) is 28.2 Å². The van der Waals surface area contributed by atoms with Crippen LogP contribution < -0.4 is 10.1 Å². The van der Waals surface area contributed by atoms with E-state index in [2.05, 4.69) is 5.32 Å². The molecule has 1 aromatic heterocycles. The summed E-state index contributed by atoms with van der Waals surface area (Å²) in [6.07, 6.45) is 0. The van der Waals surface area contributed by atoms with Gasteiger partial charge in [0.25, 0.3) is 5.69 Å². The third-order valence-corrected chi connectivity index (χ3v) is 5.77. The van der Waals surface area contributed by atoms with E-state index in [4.69, 9.17) is 21.4 Å². The van der Waals surface area contributed by atoms with Crippen LogP contribution in [0.25, 0.3) is 10.4 Å². The van der Waals surface area contributed by atoms with E-state index in [1.807, 2.05) is 0 Å². The number of carboxylic acid groups (broad SMARTS) is 2. The fraction of sp³-hybridized carbons (Fsp3) is 0.100. The largest absolute Gasteiger partial charge is 0.479 e. The highest BCUT2D eigenvalue weighted by Crippen LogP contribution is 2.45. The van der Waals surface area contributed by atoms with Crippen LogP contribution in [0.4, 0.5) is 11.4 Å². The summed E-state index contributed by atoms with van der Waals surface area (Å²) in [5.41, 5.74) is 1.99. The van der Waals surface area contributed by atoms with Crippen molar-refractivity contribution in [1.82, 2.24) is 0 Å². The summed E-state index contributed by atoms with van der Waals surface area (Å²) in [4.78, 5) is 33.0. The molecule has 0 unspecified atom stereocenters. The molecular weight excluding hydrogens is 448 g/mol. The molecule has 0 bridgehead atoms. The van der Waals surface area contributed by atoms with Gasteiger partial charge in [0, 0.05) is 24.4 Å². The third kappa shape index (κ3) is 5.30. The lowest BCUT2D eigenvalue weighted by Crippen LogP contribution is -2.10. The Hall–Kier alpha value is -3.63. The summed E-state index contributed by atoms with van der Waals surface area (Å²) in [7, 11) is 0. The molecule has 2 aromatic carbocycles. The van der Waals surface area contributed by atoms with Gasteiger partial charge in [-0.15, -0.1) is 11.3 Å². The number of nitrogens with one attached hydrogen (secondary N) is 1. The van der Waals surface area contributed by atoms with E-state index in [1.54, 1.807) is 36.4 Å². The smallest absolute Gasteiger partial charge is 0.349 e. The maximum absolute atomic E-state index is 11.5. The summed E-state index contributed by atoms with van der Waals surface area (Å²) in [5.74, 6) is -2.72. The van der Waals surface area contributed by atoms with Crippen molar-refractivity contribution < 1.29 is 29.5 Å². The monoisotopic (exact) mass is 462 g/mol. The molecule has 3 rings (SSSR count). The molecule has 0 saturated carbocycles. The zero-order valence-corrected chi connectivity index (χ0v) is 17.3. The van der Waals surface area contributed by atoms with Crippen molar-refractivity contribution in [2.75, 3.05) is 11.9 Å². The van der Waals surface area contributed by atoms with E-state index in [0.717, 1.165) is 11.3 Å². The van der Waals surface area contributed by atoms with Crippen molar-refractivity contribution in [3.63, 3.8) is 0 Å². The molecule has 9 nitrogen and oxygen atoms in total. The number of halogens is 1. The van der Waals surface area contributed by atoms with Gasteiger partial charge in [0.15, 0.2) is 17.2 Å². The van der Waals surface area contributed by atoms with Crippen molar-refractivity contribution >= 4 is 46.3 Å². The number of carbonyl (C=O) groups is 2. The number of hydrogen-bond donors (Lipinski definition) is 3. The lowest BCUT2D eigenvalue weighted by atomic mass is 10.1. The SMILES string of the molecule is O=C(O)COc1c(C(=O)O)sc(-c2cccc(NCc3cccc([N+](=O)[O-])c3)c2)c1Cl. The van der Waals surface area contributed by atoms with Crippen molar-refractivity contribution in [3.05, 3.63) is 74.1 Å². The van der Waals surface area contributed by atoms with Crippen LogP contribution in [0.2, 0.25) is 5.02 Å². The second-order valence-corrected chi connectivity index (χ2v) is 7.65. The number of ether oxygens (including phenoxy) is 1. The van der Waals surface area contributed by atoms with E-state index >= 15 is 0 Å². The van der Waals surface area contributed by atoms with Crippen LogP contribution in [0.5, 0.6) is 5.75 Å². The predicted molar refractivity (Wildman–Crippen MR) is 115 cm³/mol. The number of rotatable bonds is 9. The minimum atomic E-state index is -1.28. The van der Waals surface area contributed by atoms with Gasteiger partial charge < -0.3 is 20.3 Å². The van der Waals surface area contributed by atoms with Gasteiger partial charge >= 0.3 is 11.9 Å². The Labute approximate surface area is 184 Å². The van der Waals surface area contributed by atoms with Gasteiger partial charge in [-0.3, -0.25) is 10.1 Å². The molecule has 31 heavy (non-hydrogen) atoms. The molecule has 0 spiro atoms. The van der Waals surface area contributed by atoms with Gasteiger partial charge in [-0.25, -0.2) is 9.59 Å². The van der Waals surface area contributed by atoms with Gasteiger partial charge in [0.1, 0.15) is 5.02 Å². The average Bonchev–Trinajstić information content (AvgIpc) is 3.07. The molecule has 0 saturated heterocycles. The normalized spacial score (nSPS) is 10.5. The number of nitro groups is 1. The van der Waals surface area contributed by atoms with Crippen molar-refractivity contribution in [1.29, 1.82) is 0 Å². The number of aromatic carboxylic acids is 1. The Balaban J connectivity index is 1.85. The first-order valence-electron chi connectivity index (χ1n) is 8.74. The van der Waals surface area contributed by atoms with Crippen LogP contribution in [0.1, 0.15) is 15.2 Å². The number of non-ortho nitro benzene ring substituents is 1. The zero-order valence-electron chi connectivity index (χ0n) is 15.7. The minimum Gasteiger partial charge on any atom is -0.479 e. The van der Waals surface area contributed by atoms with Crippen LogP contribution in [0, 0.1) is 10.1 Å². The molecule has 0 aliphatic carbocycles. The van der Waals surface area contributed by atoms with E-state index in [9.17, 15) is 24.8 Å². The van der Waals surface area contributed by atoms with Crippen LogP contribution in [-0.4, -0.2) is 33.7 Å². The highest BCUT2D eigenvalue weighted by atomic mass is 35.5. The highest BCUT2D eigenvalue weighted by molar-refractivity contribution is 7.18. The zero-order chi connectivity index (χ0) is 22.5. The Morgan fingerprint density at radius 1 is 1.16 bits per heavy atom. The van der Waals surface area contributed by atoms with Crippen molar-refractivity contribution in [2.24, 2.45) is 0 Å². The maximum Gasteiger partial charge on any atom is 0.349 e. The van der Waals surface area contributed by atoms with Gasteiger partial charge in [-0.05, 0) is 23.3 Å². The lowest BCUT2D eigenvalue weighted by Gasteiger charge is -2.08. The number of nitrogens with zero attached hydrogens (tertiary/aromatic N) is 1. The van der Waals surface area contributed by atoms with Crippen LogP contribution in [-0.2, 0) is 11.3 Å². The maximum atomic E-state index is 11.5. The number of benzene rings is 2. The van der Waals surface area contributed by atoms with Crippen LogP contribution >= 0.6 is 22.9 Å². The quantitative estimate of drug-likeness (QED) is 0.306. The predicted octanol–water partition coefficient (Wildman–Crippen LogP) is 4.75. The first-order chi connectivity index (χ1) is 14.8. The molecule has 0 aliphatic rings. The van der Waals surface area contributed by atoms with Gasteiger partial charge in [-0.2, -0.15) is 0 Å². The molecule has 0 aliphatic heterocycles. The fourth-order valence-corrected chi connectivity index (χ4v) is 4.14. The number of carboxylic acids is 2. The Morgan fingerprint density at radius 3 is 2.58 bits per heavy atom. The Bertz CT molecular complexity index is 1160. The number of hydrogen-bond acceptors (Lipinski definition) is 7. The Kier molecular flexibility index (Phi) is 6.73. The van der Waals surface area contributed by atoms with Gasteiger partial charge in [0.2, 0.25) is 0 Å². The summed E-state index contributed by atoms with van der Waals surface area (Å²) in [6, 6.07) is 13.2. The molecule has 3 N–H and O–H groups in total. The molecule has 0 atom stereocenters. The molecule has 11 heteroatoms. The highest BCUT2D eigenvalue weighted by Gasteiger charge is 2.24. The second kappa shape index (κ2) is 9.45. The molecule has 0 fully saturated rings. The van der Waals surface area contributed by atoms with E-state index < -0.39 is 23.5 Å². The topological polar surface area (TPSA) is 139 Å². The van der Waals surface area contributed by atoms with Gasteiger partial charge in [0.05, 0.1) is 9.80 Å². The first-order valence-corrected chi connectivity index (χ1v) is 9.93. The molecule has 1 heterocycles. The molecule has 160 valence electrons. The van der Waals surface area contributed by atoms with Crippen molar-refractivity contribution in [3.8, 4) is 16.2 Å². The summed E-state index contributed by atoms with van der Waals surface area (Å²) in [6.45, 7) is -0.391. The van der Waals surface area contributed by atoms with Crippen molar-refractivity contribution in [2.45, 2.75) is 6.54 Å². The fourth-order valence-electron chi connectivity index (χ4n) is 2.74. The average molecular weight is 463 g/mol. The molecular formula is C20H15ClN2O7S. The summed E-state index contributed by atoms with van der Waals surface area (Å²) < 4.78 is 5.09. The number of nitro benzene ring substituents is 1. The third-order valence-electron chi connectivity index (χ3n) is 4.09. The Morgan fingerprint density at radius 2 is 1.90 bits per heavy atom. The van der Waals surface area contributed by atoms with E-state index in [1.165, 1.54) is 12.1 Å². The summed E-state index contributed by atoms with van der Waals surface area (Å²) >= 11 is 7.18. The molecule has 0 radical (unpaired) electrons. The van der Waals surface area contributed by atoms with Crippen LogP contribution in [0.3, 0.4) is 0 Å². The lowest BCUT2D eigenvalue weighted by molar-refractivity contribution is -0.384. The van der Waals surface area contributed by atoms with Gasteiger partial charge in [-0.1, -0.05) is 35.9 Å². The van der Waals surface area contributed by atoms with E-state index in [-0.39, 0.29) is 21.3 Å². The minimum absolute atomic E-state index is 0.00601.